The number of rotatable bonds is 2. The number of nitrogens with one attached hydrogen (secondary N) is 2. The standard InChI is InChI=1S/C8H8N4O2/c1-5-6(4-10-14-5)8(13)11-7-2-3-9-12-7/h2-4H,1H3,(H2,9,11,12,13). The number of H-pyrrole nitrogens is 1. The molecule has 2 aromatic rings. The Morgan fingerprint density at radius 3 is 3.07 bits per heavy atom. The molecule has 2 rings (SSSR count). The van der Waals surface area contributed by atoms with Crippen molar-refractivity contribution in [2.24, 2.45) is 0 Å². The maximum absolute atomic E-state index is 11.5. The zero-order chi connectivity index (χ0) is 9.97. The first kappa shape index (κ1) is 8.49. The summed E-state index contributed by atoms with van der Waals surface area (Å²) in [5.41, 5.74) is 0.416. The van der Waals surface area contributed by atoms with Crippen molar-refractivity contribution in [3.05, 3.63) is 29.8 Å². The number of aryl methyl sites for hydroxylation is 1. The highest BCUT2D eigenvalue weighted by atomic mass is 16.5. The van der Waals surface area contributed by atoms with Crippen molar-refractivity contribution in [2.75, 3.05) is 5.32 Å². The highest BCUT2D eigenvalue weighted by Crippen LogP contribution is 2.08. The minimum atomic E-state index is -0.270. The molecule has 0 atom stereocenters. The highest BCUT2D eigenvalue weighted by Gasteiger charge is 2.12. The number of amides is 1. The van der Waals surface area contributed by atoms with Gasteiger partial charge >= 0.3 is 0 Å². The first-order valence-corrected chi connectivity index (χ1v) is 3.99. The minimum absolute atomic E-state index is 0.270. The summed E-state index contributed by atoms with van der Waals surface area (Å²) in [6.45, 7) is 1.68. The molecule has 0 aliphatic rings. The lowest BCUT2D eigenvalue weighted by molar-refractivity contribution is 0.102. The van der Waals surface area contributed by atoms with Crippen molar-refractivity contribution in [1.82, 2.24) is 15.4 Å². The normalized spacial score (nSPS) is 10.1. The van der Waals surface area contributed by atoms with Crippen LogP contribution in [-0.2, 0) is 0 Å². The van der Waals surface area contributed by atoms with Crippen LogP contribution in [0.3, 0.4) is 0 Å². The predicted molar refractivity (Wildman–Crippen MR) is 47.8 cm³/mol. The van der Waals surface area contributed by atoms with Crippen LogP contribution < -0.4 is 5.32 Å². The summed E-state index contributed by atoms with van der Waals surface area (Å²) >= 11 is 0. The SMILES string of the molecule is Cc1oncc1C(=O)Nc1ccn[nH]1. The Morgan fingerprint density at radius 2 is 2.50 bits per heavy atom. The third-order valence-electron chi connectivity index (χ3n) is 1.74. The van der Waals surface area contributed by atoms with Gasteiger partial charge in [0.15, 0.2) is 0 Å². The summed E-state index contributed by atoms with van der Waals surface area (Å²) in [6.07, 6.45) is 2.93. The zero-order valence-corrected chi connectivity index (χ0v) is 7.44. The first-order valence-electron chi connectivity index (χ1n) is 3.99. The fraction of sp³-hybridized carbons (Fsp3) is 0.125. The van der Waals surface area contributed by atoms with Crippen molar-refractivity contribution in [2.45, 2.75) is 6.92 Å². The Bertz CT molecular complexity index is 432. The van der Waals surface area contributed by atoms with Crippen LogP contribution in [0.15, 0.2) is 23.0 Å². The second-order valence-corrected chi connectivity index (χ2v) is 2.72. The molecular weight excluding hydrogens is 184 g/mol. The van der Waals surface area contributed by atoms with Crippen LogP contribution >= 0.6 is 0 Å². The Labute approximate surface area is 79.3 Å². The van der Waals surface area contributed by atoms with E-state index in [-0.39, 0.29) is 5.91 Å². The average Bonchev–Trinajstić information content (AvgIpc) is 2.75. The van der Waals surface area contributed by atoms with E-state index in [0.29, 0.717) is 17.1 Å². The zero-order valence-electron chi connectivity index (χ0n) is 7.44. The fourth-order valence-corrected chi connectivity index (χ4v) is 1.03. The van der Waals surface area contributed by atoms with Crippen molar-refractivity contribution in [1.29, 1.82) is 0 Å². The average molecular weight is 192 g/mol. The van der Waals surface area contributed by atoms with Crippen molar-refractivity contribution in [3.63, 3.8) is 0 Å². The quantitative estimate of drug-likeness (QED) is 0.742. The molecule has 2 aromatic heterocycles. The molecule has 6 heteroatoms. The molecule has 1 amide bonds. The smallest absolute Gasteiger partial charge is 0.262 e. The molecular formula is C8H8N4O2. The van der Waals surface area contributed by atoms with E-state index in [9.17, 15) is 4.79 Å². The molecule has 0 bridgehead atoms. The van der Waals surface area contributed by atoms with E-state index in [1.54, 1.807) is 19.2 Å². The molecule has 0 unspecified atom stereocenters. The number of aromatic amines is 1. The van der Waals surface area contributed by atoms with E-state index >= 15 is 0 Å². The number of nitrogens with zero attached hydrogens (tertiary/aromatic N) is 2. The molecule has 0 aliphatic carbocycles. The molecule has 14 heavy (non-hydrogen) atoms. The third kappa shape index (κ3) is 1.49. The van der Waals surface area contributed by atoms with Crippen LogP contribution in [0, 0.1) is 6.92 Å². The molecule has 0 aliphatic heterocycles. The summed E-state index contributed by atoms with van der Waals surface area (Å²) in [4.78, 5) is 11.5. The van der Waals surface area contributed by atoms with Crippen molar-refractivity contribution in [3.8, 4) is 0 Å². The lowest BCUT2D eigenvalue weighted by Gasteiger charge is -1.98. The van der Waals surface area contributed by atoms with Gasteiger partial charge < -0.3 is 9.84 Å². The van der Waals surface area contributed by atoms with E-state index in [1.165, 1.54) is 6.20 Å². The van der Waals surface area contributed by atoms with Gasteiger partial charge in [-0.1, -0.05) is 5.16 Å². The van der Waals surface area contributed by atoms with Crippen LogP contribution in [0.2, 0.25) is 0 Å². The number of aromatic nitrogens is 3. The fourth-order valence-electron chi connectivity index (χ4n) is 1.03. The topological polar surface area (TPSA) is 83.8 Å². The molecule has 0 fully saturated rings. The Hall–Kier alpha value is -2.11. The summed E-state index contributed by atoms with van der Waals surface area (Å²) in [6, 6.07) is 1.65. The molecule has 72 valence electrons. The Kier molecular flexibility index (Phi) is 2.02. The third-order valence-corrected chi connectivity index (χ3v) is 1.74. The van der Waals surface area contributed by atoms with E-state index in [2.05, 4.69) is 20.7 Å². The van der Waals surface area contributed by atoms with Crippen molar-refractivity contribution < 1.29 is 9.32 Å². The summed E-state index contributed by atoms with van der Waals surface area (Å²) in [5, 5.41) is 12.4. The number of hydrogen-bond acceptors (Lipinski definition) is 4. The molecule has 0 saturated heterocycles. The summed E-state index contributed by atoms with van der Waals surface area (Å²) < 4.78 is 4.77. The van der Waals surface area contributed by atoms with Gasteiger partial charge in [-0.25, -0.2) is 0 Å². The lowest BCUT2D eigenvalue weighted by Crippen LogP contribution is -2.12. The summed E-state index contributed by atoms with van der Waals surface area (Å²) in [7, 11) is 0. The summed E-state index contributed by atoms with van der Waals surface area (Å²) in [5.74, 6) is 0.755. The highest BCUT2D eigenvalue weighted by molar-refractivity contribution is 6.04. The minimum Gasteiger partial charge on any atom is -0.361 e. The van der Waals surface area contributed by atoms with Crippen LogP contribution in [0.4, 0.5) is 5.82 Å². The second kappa shape index (κ2) is 3.33. The van der Waals surface area contributed by atoms with Gasteiger partial charge in [0.2, 0.25) is 0 Å². The van der Waals surface area contributed by atoms with Gasteiger partial charge in [0.25, 0.3) is 5.91 Å². The predicted octanol–water partition coefficient (Wildman–Crippen LogP) is 0.958. The van der Waals surface area contributed by atoms with E-state index < -0.39 is 0 Å². The van der Waals surface area contributed by atoms with Gasteiger partial charge in [0, 0.05) is 6.07 Å². The molecule has 0 aromatic carbocycles. The maximum Gasteiger partial charge on any atom is 0.262 e. The van der Waals surface area contributed by atoms with Crippen molar-refractivity contribution >= 4 is 11.7 Å². The van der Waals surface area contributed by atoms with Crippen LogP contribution in [-0.4, -0.2) is 21.3 Å². The van der Waals surface area contributed by atoms with Crippen LogP contribution in [0.5, 0.6) is 0 Å². The van der Waals surface area contributed by atoms with E-state index in [1.807, 2.05) is 0 Å². The van der Waals surface area contributed by atoms with E-state index in [4.69, 9.17) is 4.52 Å². The molecule has 0 radical (unpaired) electrons. The maximum atomic E-state index is 11.5. The molecule has 2 N–H and O–H groups in total. The van der Waals surface area contributed by atoms with Crippen LogP contribution in [0.25, 0.3) is 0 Å². The van der Waals surface area contributed by atoms with E-state index in [0.717, 1.165) is 0 Å². The molecule has 2 heterocycles. The number of anilines is 1. The lowest BCUT2D eigenvalue weighted by atomic mass is 10.2. The molecule has 0 saturated carbocycles. The molecule has 0 spiro atoms. The first-order chi connectivity index (χ1) is 6.77. The van der Waals surface area contributed by atoms with Gasteiger partial charge in [-0.3, -0.25) is 9.89 Å². The van der Waals surface area contributed by atoms with Crippen LogP contribution in [0.1, 0.15) is 16.1 Å². The second-order valence-electron chi connectivity index (χ2n) is 2.72. The number of carbonyl (C=O) groups excluding carboxylic acids is 1. The van der Waals surface area contributed by atoms with Gasteiger partial charge in [0.1, 0.15) is 17.1 Å². The van der Waals surface area contributed by atoms with Gasteiger partial charge in [0.05, 0.1) is 12.4 Å². The largest absolute Gasteiger partial charge is 0.361 e. The Morgan fingerprint density at radius 1 is 1.64 bits per heavy atom. The number of hydrogen-bond donors (Lipinski definition) is 2. The van der Waals surface area contributed by atoms with Gasteiger partial charge in [-0.2, -0.15) is 5.10 Å². The Balaban J connectivity index is 2.14. The van der Waals surface area contributed by atoms with Gasteiger partial charge in [-0.15, -0.1) is 0 Å². The van der Waals surface area contributed by atoms with Gasteiger partial charge in [-0.05, 0) is 6.92 Å². The monoisotopic (exact) mass is 192 g/mol. The molecule has 6 nitrogen and oxygen atoms in total. The number of carbonyl (C=O) groups is 1.